The minimum Gasteiger partial charge on any atom is -0.385 e. The molecule has 1 aliphatic rings. The molecule has 0 aliphatic heterocycles. The van der Waals surface area contributed by atoms with Crippen molar-refractivity contribution in [1.82, 2.24) is 0 Å². The molecule has 0 saturated heterocycles. The van der Waals surface area contributed by atoms with Gasteiger partial charge in [0.15, 0.2) is 0 Å². The number of hydrogen-bond donors (Lipinski definition) is 2. The molecule has 2 rings (SSSR count). The molecule has 1 unspecified atom stereocenters. The van der Waals surface area contributed by atoms with E-state index in [1.165, 1.54) is 37.7 Å². The maximum absolute atomic E-state index is 11.3. The molecular weight excluding hydrogens is 246 g/mol. The number of hydrogen-bond acceptors (Lipinski definition) is 2. The highest BCUT2D eigenvalue weighted by molar-refractivity contribution is 5.29. The zero-order valence-electron chi connectivity index (χ0n) is 13.0. The van der Waals surface area contributed by atoms with Gasteiger partial charge in [-0.2, -0.15) is 0 Å². The zero-order chi connectivity index (χ0) is 14.6. The standard InChI is InChI=1S/C18H29NO/c1-15-9-8-10-16(13-15)17(2,20)18(14-19)11-6-4-3-5-7-12-18/h8-10,13,20H,3-7,11-12,14,19H2,1-2H3. The molecule has 1 atom stereocenters. The number of rotatable bonds is 3. The van der Waals surface area contributed by atoms with Crippen molar-refractivity contribution in [2.75, 3.05) is 6.54 Å². The molecule has 0 radical (unpaired) electrons. The van der Waals surface area contributed by atoms with Crippen LogP contribution < -0.4 is 5.73 Å². The second kappa shape index (κ2) is 6.28. The quantitative estimate of drug-likeness (QED) is 0.879. The summed E-state index contributed by atoms with van der Waals surface area (Å²) < 4.78 is 0. The second-order valence-electron chi connectivity index (χ2n) is 6.69. The van der Waals surface area contributed by atoms with Gasteiger partial charge in [-0.1, -0.05) is 61.9 Å². The Kier molecular flexibility index (Phi) is 4.87. The Balaban J connectivity index is 2.36. The van der Waals surface area contributed by atoms with E-state index < -0.39 is 5.60 Å². The van der Waals surface area contributed by atoms with Crippen LogP contribution in [0.3, 0.4) is 0 Å². The Morgan fingerprint density at radius 2 is 1.75 bits per heavy atom. The largest absolute Gasteiger partial charge is 0.385 e. The molecule has 2 heteroatoms. The van der Waals surface area contributed by atoms with Gasteiger partial charge in [-0.05, 0) is 32.3 Å². The van der Waals surface area contributed by atoms with Crippen molar-refractivity contribution in [2.24, 2.45) is 11.1 Å². The van der Waals surface area contributed by atoms with Gasteiger partial charge >= 0.3 is 0 Å². The third-order valence-corrected chi connectivity index (χ3v) is 5.31. The van der Waals surface area contributed by atoms with Crippen LogP contribution in [0, 0.1) is 12.3 Å². The molecule has 2 nitrogen and oxygen atoms in total. The van der Waals surface area contributed by atoms with Crippen LogP contribution in [0.25, 0.3) is 0 Å². The lowest BCUT2D eigenvalue weighted by Gasteiger charge is -2.46. The molecule has 0 aromatic heterocycles. The Morgan fingerprint density at radius 3 is 2.30 bits per heavy atom. The fourth-order valence-corrected chi connectivity index (χ4v) is 3.73. The first-order valence-electron chi connectivity index (χ1n) is 8.01. The average Bonchev–Trinajstić information content (AvgIpc) is 2.39. The highest BCUT2D eigenvalue weighted by atomic mass is 16.3. The van der Waals surface area contributed by atoms with Crippen molar-refractivity contribution in [1.29, 1.82) is 0 Å². The molecule has 3 N–H and O–H groups in total. The van der Waals surface area contributed by atoms with Crippen molar-refractivity contribution >= 4 is 0 Å². The lowest BCUT2D eigenvalue weighted by Crippen LogP contribution is -2.49. The fourth-order valence-electron chi connectivity index (χ4n) is 3.73. The molecule has 0 heterocycles. The number of aliphatic hydroxyl groups is 1. The Hall–Kier alpha value is -0.860. The summed E-state index contributed by atoms with van der Waals surface area (Å²) in [5, 5.41) is 11.3. The van der Waals surface area contributed by atoms with Crippen molar-refractivity contribution in [3.05, 3.63) is 35.4 Å². The Morgan fingerprint density at radius 1 is 1.15 bits per heavy atom. The van der Waals surface area contributed by atoms with Gasteiger partial charge in [-0.15, -0.1) is 0 Å². The molecule has 1 saturated carbocycles. The molecule has 20 heavy (non-hydrogen) atoms. The van der Waals surface area contributed by atoms with Crippen molar-refractivity contribution < 1.29 is 5.11 Å². The molecule has 0 bridgehead atoms. The van der Waals surface area contributed by atoms with Crippen LogP contribution in [0.4, 0.5) is 0 Å². The van der Waals surface area contributed by atoms with E-state index in [2.05, 4.69) is 19.1 Å². The second-order valence-corrected chi connectivity index (χ2v) is 6.69. The van der Waals surface area contributed by atoms with E-state index in [-0.39, 0.29) is 5.41 Å². The van der Waals surface area contributed by atoms with E-state index in [0.29, 0.717) is 6.54 Å². The van der Waals surface area contributed by atoms with Gasteiger partial charge in [0.05, 0.1) is 5.60 Å². The Labute approximate surface area is 123 Å². The lowest BCUT2D eigenvalue weighted by atomic mass is 9.63. The summed E-state index contributed by atoms with van der Waals surface area (Å²) in [6.07, 6.45) is 8.29. The average molecular weight is 275 g/mol. The van der Waals surface area contributed by atoms with E-state index in [9.17, 15) is 5.11 Å². The van der Waals surface area contributed by atoms with Crippen LogP contribution in [-0.2, 0) is 5.60 Å². The molecule has 1 aromatic rings. The summed E-state index contributed by atoms with van der Waals surface area (Å²) in [4.78, 5) is 0. The van der Waals surface area contributed by atoms with Gasteiger partial charge in [-0.3, -0.25) is 0 Å². The smallest absolute Gasteiger partial charge is 0.0936 e. The van der Waals surface area contributed by atoms with Crippen LogP contribution in [0.1, 0.15) is 63.0 Å². The molecule has 112 valence electrons. The van der Waals surface area contributed by atoms with E-state index in [4.69, 9.17) is 5.73 Å². The Bertz CT molecular complexity index is 431. The first-order chi connectivity index (χ1) is 9.52. The molecule has 1 aliphatic carbocycles. The first-order valence-corrected chi connectivity index (χ1v) is 8.01. The number of nitrogens with two attached hydrogens (primary N) is 1. The zero-order valence-corrected chi connectivity index (χ0v) is 13.0. The van der Waals surface area contributed by atoms with E-state index >= 15 is 0 Å². The molecule has 0 spiro atoms. The number of aryl methyl sites for hydroxylation is 1. The van der Waals surface area contributed by atoms with Gasteiger partial charge in [0.25, 0.3) is 0 Å². The molecule has 0 amide bonds. The third-order valence-electron chi connectivity index (χ3n) is 5.31. The van der Waals surface area contributed by atoms with E-state index in [0.717, 1.165) is 18.4 Å². The summed E-state index contributed by atoms with van der Waals surface area (Å²) in [7, 11) is 0. The monoisotopic (exact) mass is 275 g/mol. The van der Waals surface area contributed by atoms with Crippen molar-refractivity contribution in [2.45, 2.75) is 64.4 Å². The predicted octanol–water partition coefficient (Wildman–Crippen LogP) is 3.89. The van der Waals surface area contributed by atoms with Crippen molar-refractivity contribution in [3.63, 3.8) is 0 Å². The van der Waals surface area contributed by atoms with Gasteiger partial charge in [-0.25, -0.2) is 0 Å². The summed E-state index contributed by atoms with van der Waals surface area (Å²) in [5.74, 6) is 0. The summed E-state index contributed by atoms with van der Waals surface area (Å²) in [6.45, 7) is 4.61. The molecule has 1 fully saturated rings. The van der Waals surface area contributed by atoms with E-state index in [1.54, 1.807) is 0 Å². The number of benzene rings is 1. The topological polar surface area (TPSA) is 46.2 Å². The molecular formula is C18H29NO. The first kappa shape index (κ1) is 15.5. The SMILES string of the molecule is Cc1cccc(C(C)(O)C2(CN)CCCCCCC2)c1. The fraction of sp³-hybridized carbons (Fsp3) is 0.667. The maximum atomic E-state index is 11.3. The van der Waals surface area contributed by atoms with Crippen LogP contribution >= 0.6 is 0 Å². The van der Waals surface area contributed by atoms with Crippen LogP contribution in [-0.4, -0.2) is 11.7 Å². The van der Waals surface area contributed by atoms with Gasteiger partial charge < -0.3 is 10.8 Å². The minimum absolute atomic E-state index is 0.179. The maximum Gasteiger partial charge on any atom is 0.0936 e. The summed E-state index contributed by atoms with van der Waals surface area (Å²) >= 11 is 0. The summed E-state index contributed by atoms with van der Waals surface area (Å²) in [5.41, 5.74) is 7.35. The van der Waals surface area contributed by atoms with Crippen LogP contribution in [0.5, 0.6) is 0 Å². The minimum atomic E-state index is -0.842. The van der Waals surface area contributed by atoms with Gasteiger partial charge in [0.2, 0.25) is 0 Å². The third kappa shape index (κ3) is 2.91. The van der Waals surface area contributed by atoms with Crippen molar-refractivity contribution in [3.8, 4) is 0 Å². The normalized spacial score (nSPS) is 22.6. The van der Waals surface area contributed by atoms with E-state index in [1.807, 2.05) is 19.1 Å². The van der Waals surface area contributed by atoms with Gasteiger partial charge in [0.1, 0.15) is 0 Å². The molecule has 1 aromatic carbocycles. The van der Waals surface area contributed by atoms with Crippen LogP contribution in [0.15, 0.2) is 24.3 Å². The lowest BCUT2D eigenvalue weighted by molar-refractivity contribution is -0.0864. The highest BCUT2D eigenvalue weighted by Crippen LogP contribution is 2.47. The predicted molar refractivity (Wildman–Crippen MR) is 84.6 cm³/mol. The summed E-state index contributed by atoms with van der Waals surface area (Å²) in [6, 6.07) is 8.26. The van der Waals surface area contributed by atoms with Crippen LogP contribution in [0.2, 0.25) is 0 Å². The highest BCUT2D eigenvalue weighted by Gasteiger charge is 2.46. The van der Waals surface area contributed by atoms with Gasteiger partial charge in [0, 0.05) is 12.0 Å².